The van der Waals surface area contributed by atoms with Crippen LogP contribution in [-0.2, 0) is 0 Å². The molecule has 0 spiro atoms. The molecule has 0 atom stereocenters. The van der Waals surface area contributed by atoms with Crippen LogP contribution < -0.4 is 10.3 Å². The Morgan fingerprint density at radius 1 is 1.27 bits per heavy atom. The van der Waals surface area contributed by atoms with Crippen LogP contribution >= 0.6 is 0 Å². The van der Waals surface area contributed by atoms with Crippen molar-refractivity contribution in [2.24, 2.45) is 0 Å². The summed E-state index contributed by atoms with van der Waals surface area (Å²) in [6.07, 6.45) is 1.97. The van der Waals surface area contributed by atoms with Gasteiger partial charge in [0.15, 0.2) is 5.78 Å². The third-order valence-electron chi connectivity index (χ3n) is 3.85. The highest BCUT2D eigenvalue weighted by Gasteiger charge is 2.28. The number of pyridine rings is 1. The first-order chi connectivity index (χ1) is 10.6. The summed E-state index contributed by atoms with van der Waals surface area (Å²) >= 11 is 0. The lowest BCUT2D eigenvalue weighted by Crippen LogP contribution is -2.26. The molecule has 0 saturated heterocycles. The molecule has 1 saturated carbocycles. The molecule has 2 aromatic rings. The van der Waals surface area contributed by atoms with Gasteiger partial charge in [-0.1, -0.05) is 12.1 Å². The summed E-state index contributed by atoms with van der Waals surface area (Å²) in [6, 6.07) is 11.4. The summed E-state index contributed by atoms with van der Waals surface area (Å²) < 4.78 is 7.30. The number of ketones is 1. The van der Waals surface area contributed by atoms with Crippen LogP contribution in [0, 0.1) is 0 Å². The molecule has 0 unspecified atom stereocenters. The van der Waals surface area contributed by atoms with Crippen LogP contribution in [0.4, 0.5) is 0 Å². The Labute approximate surface area is 129 Å². The van der Waals surface area contributed by atoms with Crippen LogP contribution in [0.25, 0.3) is 11.3 Å². The maximum absolute atomic E-state index is 12.6. The Balaban J connectivity index is 2.15. The third kappa shape index (κ3) is 2.69. The van der Waals surface area contributed by atoms with Gasteiger partial charge < -0.3 is 9.30 Å². The molecule has 1 aliphatic rings. The molecule has 22 heavy (non-hydrogen) atoms. The van der Waals surface area contributed by atoms with E-state index >= 15 is 0 Å². The number of rotatable bonds is 5. The number of hydrogen-bond acceptors (Lipinski definition) is 3. The highest BCUT2D eigenvalue weighted by molar-refractivity contribution is 5.94. The van der Waals surface area contributed by atoms with Crippen molar-refractivity contribution < 1.29 is 9.53 Å². The Bertz CT molecular complexity index is 772. The maximum Gasteiger partial charge on any atom is 0.262 e. The van der Waals surface area contributed by atoms with Crippen LogP contribution in [0.2, 0.25) is 0 Å². The highest BCUT2D eigenvalue weighted by atomic mass is 16.5. The fourth-order valence-corrected chi connectivity index (χ4v) is 2.66. The highest BCUT2D eigenvalue weighted by Crippen LogP contribution is 2.37. The quantitative estimate of drug-likeness (QED) is 0.794. The van der Waals surface area contributed by atoms with Crippen LogP contribution in [0.3, 0.4) is 0 Å². The van der Waals surface area contributed by atoms with Gasteiger partial charge in [-0.2, -0.15) is 0 Å². The van der Waals surface area contributed by atoms with E-state index in [0.717, 1.165) is 29.8 Å². The number of nitrogens with zero attached hydrogens (tertiary/aromatic N) is 1. The van der Waals surface area contributed by atoms with Gasteiger partial charge >= 0.3 is 0 Å². The lowest BCUT2D eigenvalue weighted by atomic mass is 10.1. The van der Waals surface area contributed by atoms with E-state index in [4.69, 9.17) is 4.74 Å². The number of Topliss-reactive ketones (excluding diaryl/α,β-unsaturated/α-hetero) is 1. The van der Waals surface area contributed by atoms with Crippen LogP contribution in [0.5, 0.6) is 5.75 Å². The van der Waals surface area contributed by atoms with Gasteiger partial charge in [0.25, 0.3) is 5.56 Å². The second-order valence-corrected chi connectivity index (χ2v) is 5.56. The van der Waals surface area contributed by atoms with Crippen LogP contribution in [-0.4, -0.2) is 17.0 Å². The average molecular weight is 297 g/mol. The molecule has 1 aromatic carbocycles. The minimum absolute atomic E-state index is 0.186. The zero-order chi connectivity index (χ0) is 15.7. The molecule has 1 aromatic heterocycles. The SMILES string of the molecule is CCOc1cccc(-c2ccc(C(C)=O)c(=O)n2C2CC2)c1. The molecule has 0 aliphatic heterocycles. The van der Waals surface area contributed by atoms with Crippen molar-refractivity contribution in [3.63, 3.8) is 0 Å². The molecular formula is C18H19NO3. The topological polar surface area (TPSA) is 48.3 Å². The van der Waals surface area contributed by atoms with E-state index in [9.17, 15) is 9.59 Å². The van der Waals surface area contributed by atoms with Crippen molar-refractivity contribution in [1.82, 2.24) is 4.57 Å². The van der Waals surface area contributed by atoms with Gasteiger partial charge in [0.2, 0.25) is 0 Å². The van der Waals surface area contributed by atoms with Gasteiger partial charge in [-0.05, 0) is 51.0 Å². The average Bonchev–Trinajstić information content (AvgIpc) is 3.31. The van der Waals surface area contributed by atoms with E-state index in [1.54, 1.807) is 10.6 Å². The minimum Gasteiger partial charge on any atom is -0.494 e. The minimum atomic E-state index is -0.186. The molecule has 114 valence electrons. The zero-order valence-electron chi connectivity index (χ0n) is 12.8. The van der Waals surface area contributed by atoms with Crippen molar-refractivity contribution in [2.75, 3.05) is 6.61 Å². The first-order valence-corrected chi connectivity index (χ1v) is 7.61. The van der Waals surface area contributed by atoms with E-state index < -0.39 is 0 Å². The number of ether oxygens (including phenoxy) is 1. The molecule has 4 nitrogen and oxygen atoms in total. The van der Waals surface area contributed by atoms with Gasteiger partial charge in [0.1, 0.15) is 5.75 Å². The predicted molar refractivity (Wildman–Crippen MR) is 85.6 cm³/mol. The normalized spacial score (nSPS) is 13.9. The predicted octanol–water partition coefficient (Wildman–Crippen LogP) is 3.45. The molecule has 4 heteroatoms. The lowest BCUT2D eigenvalue weighted by molar-refractivity contribution is 0.101. The van der Waals surface area contributed by atoms with E-state index in [2.05, 4.69) is 0 Å². The lowest BCUT2D eigenvalue weighted by Gasteiger charge is -2.14. The molecular weight excluding hydrogens is 278 g/mol. The van der Waals surface area contributed by atoms with Crippen molar-refractivity contribution in [2.45, 2.75) is 32.7 Å². The largest absolute Gasteiger partial charge is 0.494 e. The van der Waals surface area contributed by atoms with Gasteiger partial charge in [0.05, 0.1) is 17.9 Å². The molecule has 1 heterocycles. The summed E-state index contributed by atoms with van der Waals surface area (Å²) in [4.78, 5) is 24.2. The molecule has 0 N–H and O–H groups in total. The molecule has 3 rings (SSSR count). The van der Waals surface area contributed by atoms with Crippen LogP contribution in [0.1, 0.15) is 43.1 Å². The summed E-state index contributed by atoms with van der Waals surface area (Å²) in [5, 5.41) is 0. The van der Waals surface area contributed by atoms with Crippen molar-refractivity contribution >= 4 is 5.78 Å². The van der Waals surface area contributed by atoms with Crippen LogP contribution in [0.15, 0.2) is 41.2 Å². The maximum atomic E-state index is 12.6. The summed E-state index contributed by atoms with van der Waals surface area (Å²) in [6.45, 7) is 3.97. The number of carbonyl (C=O) groups is 1. The molecule has 1 fully saturated rings. The van der Waals surface area contributed by atoms with E-state index in [-0.39, 0.29) is 22.9 Å². The Hall–Kier alpha value is -2.36. The smallest absolute Gasteiger partial charge is 0.262 e. The second kappa shape index (κ2) is 5.79. The monoisotopic (exact) mass is 297 g/mol. The van der Waals surface area contributed by atoms with E-state index in [0.29, 0.717) is 6.61 Å². The summed E-state index contributed by atoms with van der Waals surface area (Å²) in [5.74, 6) is 0.597. The fraction of sp³-hybridized carbons (Fsp3) is 0.333. The molecule has 0 radical (unpaired) electrons. The van der Waals surface area contributed by atoms with E-state index in [1.807, 2.05) is 37.3 Å². The first kappa shape index (κ1) is 14.6. The van der Waals surface area contributed by atoms with Gasteiger partial charge in [-0.25, -0.2) is 0 Å². The molecule has 0 amide bonds. The third-order valence-corrected chi connectivity index (χ3v) is 3.85. The number of benzene rings is 1. The first-order valence-electron chi connectivity index (χ1n) is 7.61. The zero-order valence-corrected chi connectivity index (χ0v) is 12.8. The Morgan fingerprint density at radius 2 is 2.05 bits per heavy atom. The summed E-state index contributed by atoms with van der Waals surface area (Å²) in [7, 11) is 0. The Morgan fingerprint density at radius 3 is 2.68 bits per heavy atom. The fourth-order valence-electron chi connectivity index (χ4n) is 2.66. The van der Waals surface area contributed by atoms with Gasteiger partial charge in [0, 0.05) is 11.6 Å². The second-order valence-electron chi connectivity index (χ2n) is 5.56. The standard InChI is InChI=1S/C18H19NO3/c1-3-22-15-6-4-5-13(11-15)17-10-9-16(12(2)20)18(21)19(17)14-7-8-14/h4-6,9-11,14H,3,7-8H2,1-2H3. The molecule has 0 bridgehead atoms. The number of carbonyl (C=O) groups excluding carboxylic acids is 1. The molecule has 1 aliphatic carbocycles. The van der Waals surface area contributed by atoms with Gasteiger partial charge in [-0.15, -0.1) is 0 Å². The Kier molecular flexibility index (Phi) is 3.84. The summed E-state index contributed by atoms with van der Waals surface area (Å²) in [5.41, 5.74) is 1.86. The van der Waals surface area contributed by atoms with Crippen molar-refractivity contribution in [1.29, 1.82) is 0 Å². The van der Waals surface area contributed by atoms with Crippen molar-refractivity contribution in [3.8, 4) is 17.0 Å². The number of aromatic nitrogens is 1. The van der Waals surface area contributed by atoms with Gasteiger partial charge in [-0.3, -0.25) is 9.59 Å². The van der Waals surface area contributed by atoms with E-state index in [1.165, 1.54) is 6.92 Å². The number of hydrogen-bond donors (Lipinski definition) is 0. The van der Waals surface area contributed by atoms with Crippen molar-refractivity contribution in [3.05, 3.63) is 52.3 Å².